The van der Waals surface area contributed by atoms with E-state index in [1.165, 1.54) is 0 Å². The number of thioether (sulfide) groups is 1. The molecule has 0 aliphatic carbocycles. The predicted octanol–water partition coefficient (Wildman–Crippen LogP) is 5.69. The summed E-state index contributed by atoms with van der Waals surface area (Å²) in [5, 5.41) is -0.0267. The zero-order valence-electron chi connectivity index (χ0n) is 12.9. The minimum absolute atomic E-state index is 0.0267. The van der Waals surface area contributed by atoms with Gasteiger partial charge in [-0.2, -0.15) is 0 Å². The van der Waals surface area contributed by atoms with Crippen molar-refractivity contribution in [2.24, 2.45) is 0 Å². The quantitative estimate of drug-likeness (QED) is 0.431. The molecule has 0 fully saturated rings. The summed E-state index contributed by atoms with van der Waals surface area (Å²) in [7, 11) is 0. The van der Waals surface area contributed by atoms with Gasteiger partial charge in [-0.25, -0.2) is 0 Å². The van der Waals surface area contributed by atoms with Crippen molar-refractivity contribution in [1.82, 2.24) is 0 Å². The topological polar surface area (TPSA) is 30.2 Å². The summed E-state index contributed by atoms with van der Waals surface area (Å²) in [6, 6.07) is 21.6. The number of aryl methyl sites for hydroxylation is 1. The van der Waals surface area contributed by atoms with Gasteiger partial charge in [-0.1, -0.05) is 48.0 Å². The van der Waals surface area contributed by atoms with Gasteiger partial charge in [0.1, 0.15) is 5.76 Å². The van der Waals surface area contributed by atoms with Gasteiger partial charge in [-0.15, -0.1) is 11.8 Å². The molecule has 1 heterocycles. The molecule has 3 aromatic rings. The van der Waals surface area contributed by atoms with E-state index in [0.717, 1.165) is 21.8 Å². The van der Waals surface area contributed by atoms with E-state index in [4.69, 9.17) is 4.42 Å². The molecule has 0 N–H and O–H groups in total. The van der Waals surface area contributed by atoms with Gasteiger partial charge in [0.15, 0.2) is 5.78 Å². The molecule has 0 radical (unpaired) electrons. The van der Waals surface area contributed by atoms with Crippen LogP contribution in [0.5, 0.6) is 0 Å². The molecule has 1 aromatic heterocycles. The van der Waals surface area contributed by atoms with Crippen LogP contribution in [-0.4, -0.2) is 5.78 Å². The number of carbonyl (C=O) groups is 1. The highest BCUT2D eigenvalue weighted by Gasteiger charge is 2.20. The molecule has 0 bridgehead atoms. The number of hydrogen-bond donors (Lipinski definition) is 0. The largest absolute Gasteiger partial charge is 0.468 e. The Labute approximate surface area is 140 Å². The lowest BCUT2D eigenvalue weighted by Crippen LogP contribution is -2.05. The number of ketones is 1. The molecule has 0 saturated carbocycles. The fourth-order valence-electron chi connectivity index (χ4n) is 2.36. The third-order valence-electron chi connectivity index (χ3n) is 3.63. The van der Waals surface area contributed by atoms with Crippen LogP contribution in [-0.2, 0) is 0 Å². The number of furan rings is 1. The molecular formula is C20H18O2S. The minimum Gasteiger partial charge on any atom is -0.468 e. The molecule has 23 heavy (non-hydrogen) atoms. The smallest absolute Gasteiger partial charge is 0.164 e. The number of benzene rings is 2. The normalized spacial score (nSPS) is 12.0. The van der Waals surface area contributed by atoms with Gasteiger partial charge in [0.25, 0.3) is 0 Å². The fourth-order valence-corrected chi connectivity index (χ4v) is 3.49. The third kappa shape index (κ3) is 4.14. The zero-order valence-corrected chi connectivity index (χ0v) is 13.8. The van der Waals surface area contributed by atoms with E-state index in [1.54, 1.807) is 18.0 Å². The second-order valence-electron chi connectivity index (χ2n) is 5.43. The lowest BCUT2D eigenvalue weighted by Gasteiger charge is -2.14. The standard InChI is InChI=1S/C20H18O2S/c1-15-9-11-16(12-10-15)18(21)14-20(19-8-5-13-22-19)23-17-6-3-2-4-7-17/h2-13,20H,14H2,1H3/t20-/m0/s1. The first-order valence-electron chi connectivity index (χ1n) is 7.57. The van der Waals surface area contributed by atoms with E-state index in [9.17, 15) is 4.79 Å². The van der Waals surface area contributed by atoms with Gasteiger partial charge >= 0.3 is 0 Å². The van der Waals surface area contributed by atoms with Gasteiger partial charge in [-0.05, 0) is 31.2 Å². The number of rotatable bonds is 6. The first kappa shape index (κ1) is 15.6. The Bertz CT molecular complexity index is 746. The Kier molecular flexibility index (Phi) is 4.99. The van der Waals surface area contributed by atoms with Crippen molar-refractivity contribution in [2.75, 3.05) is 0 Å². The van der Waals surface area contributed by atoms with Crippen molar-refractivity contribution in [3.05, 3.63) is 89.9 Å². The summed E-state index contributed by atoms with van der Waals surface area (Å²) >= 11 is 1.66. The predicted molar refractivity (Wildman–Crippen MR) is 93.9 cm³/mol. The summed E-state index contributed by atoms with van der Waals surface area (Å²) < 4.78 is 5.55. The molecule has 2 aromatic carbocycles. The van der Waals surface area contributed by atoms with Gasteiger partial charge in [0.2, 0.25) is 0 Å². The van der Waals surface area contributed by atoms with Gasteiger partial charge in [-0.3, -0.25) is 4.79 Å². The molecule has 3 rings (SSSR count). The number of hydrogen-bond acceptors (Lipinski definition) is 3. The van der Waals surface area contributed by atoms with Gasteiger partial charge in [0, 0.05) is 16.9 Å². The Morgan fingerprint density at radius 2 is 1.74 bits per heavy atom. The maximum Gasteiger partial charge on any atom is 0.164 e. The van der Waals surface area contributed by atoms with Gasteiger partial charge < -0.3 is 4.42 Å². The maximum absolute atomic E-state index is 12.6. The van der Waals surface area contributed by atoms with Crippen LogP contribution in [0.2, 0.25) is 0 Å². The first-order valence-corrected chi connectivity index (χ1v) is 8.45. The lowest BCUT2D eigenvalue weighted by molar-refractivity contribution is 0.0980. The van der Waals surface area contributed by atoms with E-state index in [2.05, 4.69) is 12.1 Å². The van der Waals surface area contributed by atoms with Crippen LogP contribution in [0.4, 0.5) is 0 Å². The fraction of sp³-hybridized carbons (Fsp3) is 0.150. The van der Waals surface area contributed by atoms with E-state index in [-0.39, 0.29) is 11.0 Å². The zero-order chi connectivity index (χ0) is 16.1. The van der Waals surface area contributed by atoms with Crippen molar-refractivity contribution in [2.45, 2.75) is 23.5 Å². The summed E-state index contributed by atoms with van der Waals surface area (Å²) in [5.74, 6) is 0.967. The summed E-state index contributed by atoms with van der Waals surface area (Å²) in [5.41, 5.74) is 1.91. The minimum atomic E-state index is -0.0267. The van der Waals surface area contributed by atoms with E-state index < -0.39 is 0 Å². The summed E-state index contributed by atoms with van der Waals surface area (Å²) in [4.78, 5) is 13.7. The molecule has 0 amide bonds. The van der Waals surface area contributed by atoms with Crippen LogP contribution in [0.25, 0.3) is 0 Å². The van der Waals surface area contributed by atoms with Crippen LogP contribution in [0.1, 0.15) is 33.4 Å². The molecule has 0 saturated heterocycles. The molecule has 0 spiro atoms. The van der Waals surface area contributed by atoms with Crippen molar-refractivity contribution in [3.8, 4) is 0 Å². The molecule has 116 valence electrons. The van der Waals surface area contributed by atoms with E-state index in [1.807, 2.05) is 61.5 Å². The SMILES string of the molecule is Cc1ccc(C(=O)C[C@H](Sc2ccccc2)c2ccco2)cc1. The molecular weight excluding hydrogens is 304 g/mol. The van der Waals surface area contributed by atoms with Crippen LogP contribution in [0.15, 0.2) is 82.3 Å². The molecule has 1 atom stereocenters. The molecule has 3 heteroatoms. The number of Topliss-reactive ketones (excluding diaryl/α,β-unsaturated/α-hetero) is 1. The lowest BCUT2D eigenvalue weighted by atomic mass is 10.0. The van der Waals surface area contributed by atoms with Crippen molar-refractivity contribution >= 4 is 17.5 Å². The van der Waals surface area contributed by atoms with Crippen molar-refractivity contribution in [3.63, 3.8) is 0 Å². The highest BCUT2D eigenvalue weighted by Crippen LogP contribution is 2.38. The van der Waals surface area contributed by atoms with Crippen LogP contribution < -0.4 is 0 Å². The highest BCUT2D eigenvalue weighted by molar-refractivity contribution is 7.99. The average Bonchev–Trinajstić information content (AvgIpc) is 3.10. The molecule has 0 unspecified atom stereocenters. The Hall–Kier alpha value is -2.26. The average molecular weight is 322 g/mol. The Morgan fingerprint density at radius 1 is 1.00 bits per heavy atom. The molecule has 2 nitrogen and oxygen atoms in total. The van der Waals surface area contributed by atoms with E-state index >= 15 is 0 Å². The monoisotopic (exact) mass is 322 g/mol. The Balaban J connectivity index is 1.78. The van der Waals surface area contributed by atoms with Crippen molar-refractivity contribution < 1.29 is 9.21 Å². The Morgan fingerprint density at radius 3 is 2.39 bits per heavy atom. The molecule has 0 aliphatic rings. The summed E-state index contributed by atoms with van der Waals surface area (Å²) in [6.45, 7) is 2.02. The maximum atomic E-state index is 12.6. The number of carbonyl (C=O) groups excluding carboxylic acids is 1. The van der Waals surface area contributed by atoms with Crippen molar-refractivity contribution in [1.29, 1.82) is 0 Å². The second kappa shape index (κ2) is 7.34. The highest BCUT2D eigenvalue weighted by atomic mass is 32.2. The van der Waals surface area contributed by atoms with Crippen LogP contribution in [0, 0.1) is 6.92 Å². The van der Waals surface area contributed by atoms with E-state index in [0.29, 0.717) is 6.42 Å². The first-order chi connectivity index (χ1) is 11.2. The molecule has 0 aliphatic heterocycles. The second-order valence-corrected chi connectivity index (χ2v) is 6.70. The van der Waals surface area contributed by atoms with Gasteiger partial charge in [0.05, 0.1) is 11.5 Å². The summed E-state index contributed by atoms with van der Waals surface area (Å²) in [6.07, 6.45) is 2.07. The third-order valence-corrected chi connectivity index (χ3v) is 4.85. The van der Waals surface area contributed by atoms with Crippen LogP contribution in [0.3, 0.4) is 0 Å². The van der Waals surface area contributed by atoms with Crippen LogP contribution >= 0.6 is 11.8 Å².